The SMILES string of the molecule is COc1ccc(NC(=O)COc2ccc(F)c(Cl)c2)cc1OCc1ccncc1. The van der Waals surface area contributed by atoms with Crippen LogP contribution in [0.4, 0.5) is 10.1 Å². The van der Waals surface area contributed by atoms with Crippen LogP contribution < -0.4 is 19.5 Å². The van der Waals surface area contributed by atoms with Gasteiger partial charge in [-0.25, -0.2) is 4.39 Å². The van der Waals surface area contributed by atoms with E-state index in [4.69, 9.17) is 25.8 Å². The summed E-state index contributed by atoms with van der Waals surface area (Å²) < 4.78 is 29.6. The van der Waals surface area contributed by atoms with Crippen LogP contribution in [-0.4, -0.2) is 24.6 Å². The summed E-state index contributed by atoms with van der Waals surface area (Å²) in [4.78, 5) is 16.1. The molecule has 1 aromatic heterocycles. The third-order valence-corrected chi connectivity index (χ3v) is 4.14. The van der Waals surface area contributed by atoms with Gasteiger partial charge in [-0.1, -0.05) is 11.6 Å². The summed E-state index contributed by atoms with van der Waals surface area (Å²) in [5.41, 5.74) is 1.46. The second kappa shape index (κ2) is 9.75. The van der Waals surface area contributed by atoms with Crippen molar-refractivity contribution < 1.29 is 23.4 Å². The first-order valence-corrected chi connectivity index (χ1v) is 9.00. The number of nitrogens with zero attached hydrogens (tertiary/aromatic N) is 1. The van der Waals surface area contributed by atoms with Crippen LogP contribution >= 0.6 is 11.6 Å². The van der Waals surface area contributed by atoms with Gasteiger partial charge in [0.1, 0.15) is 18.2 Å². The number of methoxy groups -OCH3 is 1. The minimum absolute atomic E-state index is 0.0750. The molecule has 0 saturated carbocycles. The van der Waals surface area contributed by atoms with E-state index in [1.54, 1.807) is 30.6 Å². The highest BCUT2D eigenvalue weighted by molar-refractivity contribution is 6.30. The molecule has 0 aliphatic rings. The van der Waals surface area contributed by atoms with Gasteiger partial charge in [0, 0.05) is 30.2 Å². The fourth-order valence-electron chi connectivity index (χ4n) is 2.42. The third-order valence-electron chi connectivity index (χ3n) is 3.85. The van der Waals surface area contributed by atoms with Crippen molar-refractivity contribution in [3.63, 3.8) is 0 Å². The monoisotopic (exact) mass is 416 g/mol. The lowest BCUT2D eigenvalue weighted by molar-refractivity contribution is -0.118. The lowest BCUT2D eigenvalue weighted by Crippen LogP contribution is -2.20. The Labute approximate surface area is 172 Å². The number of aromatic nitrogens is 1. The van der Waals surface area contributed by atoms with Gasteiger partial charge in [-0.05, 0) is 42.0 Å². The molecule has 0 aliphatic heterocycles. The fraction of sp³-hybridized carbons (Fsp3) is 0.143. The topological polar surface area (TPSA) is 69.7 Å². The van der Waals surface area contributed by atoms with Crippen LogP contribution in [0, 0.1) is 5.82 Å². The lowest BCUT2D eigenvalue weighted by Gasteiger charge is -2.13. The van der Waals surface area contributed by atoms with Gasteiger partial charge >= 0.3 is 0 Å². The first-order chi connectivity index (χ1) is 14.0. The van der Waals surface area contributed by atoms with Crippen LogP contribution in [0.1, 0.15) is 5.56 Å². The predicted octanol–water partition coefficient (Wildman–Crippen LogP) is 4.48. The van der Waals surface area contributed by atoms with Gasteiger partial charge in [0.15, 0.2) is 18.1 Å². The predicted molar refractivity (Wildman–Crippen MR) is 107 cm³/mol. The summed E-state index contributed by atoms with van der Waals surface area (Å²) in [7, 11) is 1.54. The average Bonchev–Trinajstić information content (AvgIpc) is 2.74. The summed E-state index contributed by atoms with van der Waals surface area (Å²) in [6.45, 7) is 0.0614. The van der Waals surface area contributed by atoms with Crippen molar-refractivity contribution in [1.82, 2.24) is 4.98 Å². The number of hydrogen-bond acceptors (Lipinski definition) is 5. The molecule has 0 atom stereocenters. The smallest absolute Gasteiger partial charge is 0.262 e. The van der Waals surface area contributed by atoms with Crippen LogP contribution in [-0.2, 0) is 11.4 Å². The molecule has 3 aromatic rings. The van der Waals surface area contributed by atoms with E-state index >= 15 is 0 Å². The van der Waals surface area contributed by atoms with Crippen LogP contribution in [0.25, 0.3) is 0 Å². The van der Waals surface area contributed by atoms with Gasteiger partial charge in [-0.3, -0.25) is 9.78 Å². The Hall–Kier alpha value is -3.32. The quantitative estimate of drug-likeness (QED) is 0.586. The van der Waals surface area contributed by atoms with Gasteiger partial charge in [0.05, 0.1) is 12.1 Å². The number of pyridine rings is 1. The van der Waals surface area contributed by atoms with Crippen molar-refractivity contribution in [2.24, 2.45) is 0 Å². The first-order valence-electron chi connectivity index (χ1n) is 8.62. The second-order valence-electron chi connectivity index (χ2n) is 5.92. The molecule has 0 saturated heterocycles. The van der Waals surface area contributed by atoms with Gasteiger partial charge in [-0.2, -0.15) is 0 Å². The maximum Gasteiger partial charge on any atom is 0.262 e. The fourth-order valence-corrected chi connectivity index (χ4v) is 2.59. The molecule has 0 bridgehead atoms. The van der Waals surface area contributed by atoms with Crippen molar-refractivity contribution in [3.05, 3.63) is 77.3 Å². The molecule has 8 heteroatoms. The highest BCUT2D eigenvalue weighted by Crippen LogP contribution is 2.31. The standard InChI is InChI=1S/C21H18ClFN2O4/c1-27-19-5-2-15(10-20(19)29-12-14-6-8-24-9-7-14)25-21(26)13-28-16-3-4-18(23)17(22)11-16/h2-11H,12-13H2,1H3,(H,25,26). The number of anilines is 1. The molecule has 150 valence electrons. The molecule has 1 amide bonds. The normalized spacial score (nSPS) is 10.3. The van der Waals surface area contributed by atoms with Crippen molar-refractivity contribution in [2.45, 2.75) is 6.61 Å². The Morgan fingerprint density at radius 2 is 1.86 bits per heavy atom. The Morgan fingerprint density at radius 1 is 1.07 bits per heavy atom. The minimum atomic E-state index is -0.555. The van der Waals surface area contributed by atoms with Crippen molar-refractivity contribution in [3.8, 4) is 17.2 Å². The third kappa shape index (κ3) is 5.83. The molecule has 0 fully saturated rings. The van der Waals surface area contributed by atoms with E-state index in [1.165, 1.54) is 25.3 Å². The number of carbonyl (C=O) groups is 1. The first kappa shape index (κ1) is 20.4. The molecular weight excluding hydrogens is 399 g/mol. The van der Waals surface area contributed by atoms with Gasteiger partial charge in [-0.15, -0.1) is 0 Å². The molecular formula is C21H18ClFN2O4. The number of ether oxygens (including phenoxy) is 3. The number of nitrogens with one attached hydrogen (secondary N) is 1. The van der Waals surface area contributed by atoms with E-state index in [2.05, 4.69) is 10.3 Å². The van der Waals surface area contributed by atoms with Crippen LogP contribution in [0.5, 0.6) is 17.2 Å². The number of benzene rings is 2. The molecule has 29 heavy (non-hydrogen) atoms. The summed E-state index contributed by atoms with van der Waals surface area (Å²) in [5, 5.41) is 2.64. The van der Waals surface area contributed by atoms with Crippen molar-refractivity contribution in [2.75, 3.05) is 19.0 Å². The molecule has 6 nitrogen and oxygen atoms in total. The summed E-state index contributed by atoms with van der Waals surface area (Å²) >= 11 is 5.69. The Morgan fingerprint density at radius 3 is 2.59 bits per heavy atom. The molecule has 2 aromatic carbocycles. The summed E-state index contributed by atoms with van der Waals surface area (Å²) in [5.74, 6) is 0.363. The Kier molecular flexibility index (Phi) is 6.86. The summed E-state index contributed by atoms with van der Waals surface area (Å²) in [6, 6.07) is 12.6. The molecule has 1 N–H and O–H groups in total. The van der Waals surface area contributed by atoms with E-state index in [-0.39, 0.29) is 11.6 Å². The van der Waals surface area contributed by atoms with E-state index in [1.807, 2.05) is 12.1 Å². The van der Waals surface area contributed by atoms with Gasteiger partial charge in [0.25, 0.3) is 5.91 Å². The summed E-state index contributed by atoms with van der Waals surface area (Å²) in [6.07, 6.45) is 3.36. The maximum absolute atomic E-state index is 13.2. The Balaban J connectivity index is 1.60. The van der Waals surface area contributed by atoms with Crippen LogP contribution in [0.2, 0.25) is 5.02 Å². The molecule has 3 rings (SSSR count). The van der Waals surface area contributed by atoms with E-state index in [0.29, 0.717) is 29.5 Å². The number of hydrogen-bond donors (Lipinski definition) is 1. The van der Waals surface area contributed by atoms with E-state index in [0.717, 1.165) is 5.56 Å². The molecule has 1 heterocycles. The minimum Gasteiger partial charge on any atom is -0.493 e. The zero-order valence-corrected chi connectivity index (χ0v) is 16.3. The largest absolute Gasteiger partial charge is 0.493 e. The lowest BCUT2D eigenvalue weighted by atomic mass is 10.2. The van der Waals surface area contributed by atoms with E-state index in [9.17, 15) is 9.18 Å². The number of halogens is 2. The van der Waals surface area contributed by atoms with E-state index < -0.39 is 11.7 Å². The van der Waals surface area contributed by atoms with Crippen molar-refractivity contribution in [1.29, 1.82) is 0 Å². The molecule has 0 aliphatic carbocycles. The zero-order valence-electron chi connectivity index (χ0n) is 15.5. The highest BCUT2D eigenvalue weighted by atomic mass is 35.5. The zero-order chi connectivity index (χ0) is 20.6. The van der Waals surface area contributed by atoms with Crippen LogP contribution in [0.15, 0.2) is 60.9 Å². The highest BCUT2D eigenvalue weighted by Gasteiger charge is 2.10. The van der Waals surface area contributed by atoms with Crippen molar-refractivity contribution >= 4 is 23.2 Å². The van der Waals surface area contributed by atoms with Gasteiger partial charge < -0.3 is 19.5 Å². The number of rotatable bonds is 8. The van der Waals surface area contributed by atoms with Gasteiger partial charge in [0.2, 0.25) is 0 Å². The number of carbonyl (C=O) groups excluding carboxylic acids is 1. The molecule has 0 radical (unpaired) electrons. The molecule has 0 spiro atoms. The van der Waals surface area contributed by atoms with Crippen LogP contribution in [0.3, 0.4) is 0 Å². The molecule has 0 unspecified atom stereocenters. The Bertz CT molecular complexity index is 986. The second-order valence-corrected chi connectivity index (χ2v) is 6.33. The average molecular weight is 417 g/mol. The maximum atomic E-state index is 13.2. The number of amides is 1.